The number of aliphatic hydroxyl groups is 1. The van der Waals surface area contributed by atoms with E-state index in [4.69, 9.17) is 23.2 Å². The van der Waals surface area contributed by atoms with Crippen LogP contribution in [0.25, 0.3) is 0 Å². The molecule has 1 aromatic rings. The first-order chi connectivity index (χ1) is 7.07. The van der Waals surface area contributed by atoms with Gasteiger partial charge in [0.15, 0.2) is 6.10 Å². The van der Waals surface area contributed by atoms with Crippen molar-refractivity contribution in [3.63, 3.8) is 0 Å². The minimum absolute atomic E-state index is 0.180. The van der Waals surface area contributed by atoms with Crippen molar-refractivity contribution >= 4 is 29.2 Å². The van der Waals surface area contributed by atoms with Crippen molar-refractivity contribution in [2.24, 2.45) is 0 Å². The van der Waals surface area contributed by atoms with Gasteiger partial charge in [-0.05, 0) is 19.1 Å². The Balaban J connectivity index is 3.00. The second kappa shape index (κ2) is 5.35. The fourth-order valence-electron chi connectivity index (χ4n) is 1.11. The van der Waals surface area contributed by atoms with Gasteiger partial charge >= 0.3 is 5.97 Å². The number of benzene rings is 1. The lowest BCUT2D eigenvalue weighted by Crippen LogP contribution is -2.16. The zero-order valence-electron chi connectivity index (χ0n) is 8.04. The summed E-state index contributed by atoms with van der Waals surface area (Å²) in [6, 6.07) is 4.72. The smallest absolute Gasteiger partial charge is 0.339 e. The van der Waals surface area contributed by atoms with Crippen LogP contribution in [-0.4, -0.2) is 17.7 Å². The van der Waals surface area contributed by atoms with Crippen LogP contribution in [-0.2, 0) is 9.53 Å². The Kier molecular flexibility index (Phi) is 4.39. The molecule has 0 aliphatic rings. The summed E-state index contributed by atoms with van der Waals surface area (Å²) >= 11 is 11.6. The number of esters is 1. The third-order valence-electron chi connectivity index (χ3n) is 1.78. The molecule has 3 nitrogen and oxygen atoms in total. The molecule has 0 radical (unpaired) electrons. The van der Waals surface area contributed by atoms with Crippen molar-refractivity contribution in [1.82, 2.24) is 0 Å². The number of ether oxygens (including phenoxy) is 1. The molecular weight excluding hydrogens is 239 g/mol. The average molecular weight is 249 g/mol. The standard InChI is InChI=1S/C10H10Cl2O3/c1-2-15-10(14)9(13)8-6(11)4-3-5-7(8)12/h3-5,9,13H,2H2,1H3. The summed E-state index contributed by atoms with van der Waals surface area (Å²) in [5.74, 6) is -0.757. The first-order valence-electron chi connectivity index (χ1n) is 4.36. The molecule has 0 amide bonds. The van der Waals surface area contributed by atoms with E-state index in [-0.39, 0.29) is 22.2 Å². The van der Waals surface area contributed by atoms with E-state index < -0.39 is 12.1 Å². The molecule has 0 aliphatic carbocycles. The molecule has 5 heteroatoms. The fourth-order valence-corrected chi connectivity index (χ4v) is 1.72. The molecule has 1 aromatic carbocycles. The van der Waals surface area contributed by atoms with Gasteiger partial charge in [0, 0.05) is 15.6 Å². The van der Waals surface area contributed by atoms with E-state index in [1.807, 2.05) is 0 Å². The van der Waals surface area contributed by atoms with E-state index in [2.05, 4.69) is 4.74 Å². The highest BCUT2D eigenvalue weighted by atomic mass is 35.5. The fraction of sp³-hybridized carbons (Fsp3) is 0.300. The number of carbonyl (C=O) groups is 1. The number of hydrogen-bond acceptors (Lipinski definition) is 3. The highest BCUT2D eigenvalue weighted by Crippen LogP contribution is 2.30. The zero-order valence-corrected chi connectivity index (χ0v) is 9.55. The van der Waals surface area contributed by atoms with Gasteiger partial charge < -0.3 is 9.84 Å². The largest absolute Gasteiger partial charge is 0.464 e. The molecule has 82 valence electrons. The van der Waals surface area contributed by atoms with Crippen LogP contribution in [0.2, 0.25) is 10.0 Å². The number of carbonyl (C=O) groups excluding carboxylic acids is 1. The predicted octanol–water partition coefficient (Wildman–Crippen LogP) is 2.59. The summed E-state index contributed by atoms with van der Waals surface area (Å²) in [7, 11) is 0. The van der Waals surface area contributed by atoms with Gasteiger partial charge in [0.05, 0.1) is 6.61 Å². The molecule has 0 heterocycles. The van der Waals surface area contributed by atoms with Crippen molar-refractivity contribution in [2.75, 3.05) is 6.61 Å². The van der Waals surface area contributed by atoms with Crippen LogP contribution in [0.5, 0.6) is 0 Å². The minimum Gasteiger partial charge on any atom is -0.464 e. The van der Waals surface area contributed by atoms with E-state index in [1.54, 1.807) is 25.1 Å². The van der Waals surface area contributed by atoms with Crippen LogP contribution in [0.4, 0.5) is 0 Å². The third kappa shape index (κ3) is 2.84. The summed E-state index contributed by atoms with van der Waals surface area (Å²) in [4.78, 5) is 11.3. The Morgan fingerprint density at radius 1 is 1.47 bits per heavy atom. The SMILES string of the molecule is CCOC(=O)C(O)c1c(Cl)cccc1Cl. The highest BCUT2D eigenvalue weighted by molar-refractivity contribution is 6.36. The maximum absolute atomic E-state index is 11.3. The van der Waals surface area contributed by atoms with Crippen LogP contribution in [0.15, 0.2) is 18.2 Å². The molecule has 0 aromatic heterocycles. The molecule has 0 aliphatic heterocycles. The van der Waals surface area contributed by atoms with Crippen molar-refractivity contribution < 1.29 is 14.6 Å². The topological polar surface area (TPSA) is 46.5 Å². The monoisotopic (exact) mass is 248 g/mol. The van der Waals surface area contributed by atoms with Gasteiger partial charge in [-0.25, -0.2) is 4.79 Å². The Bertz CT molecular complexity index is 345. The molecule has 1 unspecified atom stereocenters. The molecule has 1 N–H and O–H groups in total. The van der Waals surface area contributed by atoms with Crippen molar-refractivity contribution in [2.45, 2.75) is 13.0 Å². The quantitative estimate of drug-likeness (QED) is 0.837. The summed E-state index contributed by atoms with van der Waals surface area (Å²) in [5, 5.41) is 10.1. The second-order valence-corrected chi connectivity index (χ2v) is 3.60. The molecule has 15 heavy (non-hydrogen) atoms. The molecule has 0 saturated carbocycles. The Morgan fingerprint density at radius 3 is 2.47 bits per heavy atom. The summed E-state index contributed by atoms with van der Waals surface area (Å²) in [6.07, 6.45) is -1.44. The van der Waals surface area contributed by atoms with Crippen LogP contribution >= 0.6 is 23.2 Å². The zero-order chi connectivity index (χ0) is 11.4. The lowest BCUT2D eigenvalue weighted by atomic mass is 10.1. The average Bonchev–Trinajstić information content (AvgIpc) is 2.17. The number of rotatable bonds is 3. The van der Waals surface area contributed by atoms with Gasteiger partial charge in [-0.2, -0.15) is 0 Å². The highest BCUT2D eigenvalue weighted by Gasteiger charge is 2.23. The van der Waals surface area contributed by atoms with Gasteiger partial charge in [-0.3, -0.25) is 0 Å². The molecule has 0 spiro atoms. The van der Waals surface area contributed by atoms with E-state index in [0.29, 0.717) is 0 Å². The van der Waals surface area contributed by atoms with Crippen LogP contribution < -0.4 is 0 Å². The number of aliphatic hydroxyl groups excluding tert-OH is 1. The first kappa shape index (κ1) is 12.3. The van der Waals surface area contributed by atoms with E-state index >= 15 is 0 Å². The predicted molar refractivity (Wildman–Crippen MR) is 58.1 cm³/mol. The minimum atomic E-state index is -1.44. The van der Waals surface area contributed by atoms with Gasteiger partial charge in [-0.15, -0.1) is 0 Å². The summed E-state index contributed by atoms with van der Waals surface area (Å²) in [5.41, 5.74) is 0.180. The van der Waals surface area contributed by atoms with Crippen LogP contribution in [0, 0.1) is 0 Å². The van der Waals surface area contributed by atoms with Crippen molar-refractivity contribution in [3.8, 4) is 0 Å². The molecule has 1 atom stereocenters. The second-order valence-electron chi connectivity index (χ2n) is 2.79. The maximum atomic E-state index is 11.3. The Hall–Kier alpha value is -0.770. The van der Waals surface area contributed by atoms with Crippen LogP contribution in [0.1, 0.15) is 18.6 Å². The van der Waals surface area contributed by atoms with Crippen LogP contribution in [0.3, 0.4) is 0 Å². The van der Waals surface area contributed by atoms with E-state index in [9.17, 15) is 9.90 Å². The number of hydrogen-bond donors (Lipinski definition) is 1. The van der Waals surface area contributed by atoms with Crippen molar-refractivity contribution in [1.29, 1.82) is 0 Å². The van der Waals surface area contributed by atoms with Gasteiger partial charge in [0.25, 0.3) is 0 Å². The molecular formula is C10H10Cl2O3. The molecule has 1 rings (SSSR count). The maximum Gasteiger partial charge on any atom is 0.339 e. The van der Waals surface area contributed by atoms with Gasteiger partial charge in [0.1, 0.15) is 0 Å². The first-order valence-corrected chi connectivity index (χ1v) is 5.12. The third-order valence-corrected chi connectivity index (χ3v) is 2.44. The number of halogens is 2. The normalized spacial score (nSPS) is 12.3. The van der Waals surface area contributed by atoms with E-state index in [1.165, 1.54) is 0 Å². The Labute approximate surface area is 97.6 Å². The lowest BCUT2D eigenvalue weighted by molar-refractivity contribution is -0.153. The van der Waals surface area contributed by atoms with Gasteiger partial charge in [0.2, 0.25) is 0 Å². The molecule has 0 saturated heterocycles. The summed E-state index contributed by atoms with van der Waals surface area (Å²) < 4.78 is 4.66. The summed E-state index contributed by atoms with van der Waals surface area (Å²) in [6.45, 7) is 1.84. The molecule has 0 bridgehead atoms. The molecule has 0 fully saturated rings. The van der Waals surface area contributed by atoms with Crippen molar-refractivity contribution in [3.05, 3.63) is 33.8 Å². The Morgan fingerprint density at radius 2 is 2.00 bits per heavy atom. The lowest BCUT2D eigenvalue weighted by Gasteiger charge is -2.12. The van der Waals surface area contributed by atoms with E-state index in [0.717, 1.165) is 0 Å². The van der Waals surface area contributed by atoms with Gasteiger partial charge in [-0.1, -0.05) is 29.3 Å².